The second kappa shape index (κ2) is 11.3. The van der Waals surface area contributed by atoms with Gasteiger partial charge in [-0.05, 0) is 51.7 Å². The molecular weight excluding hydrogens is 534 g/mol. The van der Waals surface area contributed by atoms with E-state index in [-0.39, 0.29) is 49.0 Å². The topological polar surface area (TPSA) is 89.4 Å². The Morgan fingerprint density at radius 1 is 1.24 bits per heavy atom. The fraction of sp³-hybridized carbons (Fsp3) is 0.458. The molecule has 1 aliphatic rings. The quantitative estimate of drug-likeness (QED) is 0.507. The van der Waals surface area contributed by atoms with Crippen molar-refractivity contribution in [2.24, 2.45) is 0 Å². The van der Waals surface area contributed by atoms with E-state index in [9.17, 15) is 32.3 Å². The van der Waals surface area contributed by atoms with Crippen molar-refractivity contribution in [1.82, 2.24) is 14.8 Å². The Morgan fingerprint density at radius 2 is 1.89 bits per heavy atom. The monoisotopic (exact) mass is 561 g/mol. The van der Waals surface area contributed by atoms with Gasteiger partial charge in [-0.15, -0.1) is 0 Å². The van der Waals surface area contributed by atoms with Crippen molar-refractivity contribution in [2.45, 2.75) is 26.1 Å². The predicted octanol–water partition coefficient (Wildman–Crippen LogP) is 4.31. The van der Waals surface area contributed by atoms with E-state index in [0.29, 0.717) is 0 Å². The highest BCUT2D eigenvalue weighted by molar-refractivity contribution is 6.35. The third kappa shape index (κ3) is 6.27. The Kier molecular flexibility index (Phi) is 8.74. The fourth-order valence-corrected chi connectivity index (χ4v) is 4.35. The first kappa shape index (κ1) is 29.4. The molecule has 208 valence electrons. The van der Waals surface area contributed by atoms with Gasteiger partial charge in [-0.25, -0.2) is 19.0 Å². The average Bonchev–Trinajstić information content (AvgIpc) is 3.15. The number of aryl methyl sites for hydroxylation is 2. The molecule has 1 N–H and O–H groups in total. The largest absolute Gasteiger partial charge is 0.420 e. The summed E-state index contributed by atoms with van der Waals surface area (Å²) in [5.41, 5.74) is -1.69. The van der Waals surface area contributed by atoms with E-state index in [4.69, 9.17) is 16.3 Å². The van der Waals surface area contributed by atoms with Crippen molar-refractivity contribution >= 4 is 35.2 Å². The van der Waals surface area contributed by atoms with Gasteiger partial charge < -0.3 is 19.6 Å². The number of ether oxygens (including phenoxy) is 1. The van der Waals surface area contributed by atoms with Crippen LogP contribution >= 0.6 is 11.6 Å². The zero-order valence-corrected chi connectivity index (χ0v) is 22.2. The van der Waals surface area contributed by atoms with Crippen molar-refractivity contribution in [1.29, 1.82) is 0 Å². The first-order valence-electron chi connectivity index (χ1n) is 11.5. The molecule has 3 rings (SSSR count). The van der Waals surface area contributed by atoms with Gasteiger partial charge >= 0.3 is 18.3 Å². The van der Waals surface area contributed by atoms with Crippen LogP contribution in [0.25, 0.3) is 0 Å². The number of carbonyl (C=O) groups is 2. The molecule has 1 saturated heterocycles. The second-order valence-electron chi connectivity index (χ2n) is 9.19. The average molecular weight is 562 g/mol. The minimum Gasteiger partial charge on any atom is -0.407 e. The number of hydrogen-bond acceptors (Lipinski definition) is 6. The Labute approximate surface area is 222 Å². The van der Waals surface area contributed by atoms with Crippen molar-refractivity contribution < 1.29 is 37.0 Å². The maximum absolute atomic E-state index is 13.8. The van der Waals surface area contributed by atoms with Crippen LogP contribution < -0.4 is 14.5 Å². The standard InChI is InChI=1S/C24H28ClF4N5O4/c1-13-10-16(24(27,28)29)19(25)20(34-9-8-33(22(34)36)12-15(35)11-31(3)4)21(13)38-23(37)32(5)18-7-6-17(26)14(2)30-18/h6-7,10,15,35H,8-9,11-12H2,1-5H3. The van der Waals surface area contributed by atoms with Gasteiger partial charge in [-0.1, -0.05) is 11.6 Å². The summed E-state index contributed by atoms with van der Waals surface area (Å²) in [6.45, 7) is 2.93. The van der Waals surface area contributed by atoms with Gasteiger partial charge in [0.1, 0.15) is 17.3 Å². The normalized spacial score (nSPS) is 14.9. The van der Waals surface area contributed by atoms with E-state index < -0.39 is 46.5 Å². The summed E-state index contributed by atoms with van der Waals surface area (Å²) in [6.07, 6.45) is -6.80. The van der Waals surface area contributed by atoms with Crippen molar-refractivity contribution in [3.8, 4) is 5.75 Å². The number of benzene rings is 1. The van der Waals surface area contributed by atoms with Crippen LogP contribution in [0.5, 0.6) is 5.75 Å². The molecule has 14 heteroatoms. The Balaban J connectivity index is 2.00. The third-order valence-electron chi connectivity index (χ3n) is 5.87. The van der Waals surface area contributed by atoms with Gasteiger partial charge in [0.2, 0.25) is 0 Å². The van der Waals surface area contributed by atoms with Gasteiger partial charge in [-0.3, -0.25) is 9.80 Å². The molecule has 2 aromatic rings. The number of halogens is 5. The predicted molar refractivity (Wildman–Crippen MR) is 133 cm³/mol. The number of β-amino-alcohol motifs (C(OH)–C–C–N with tert-alkyl or cyclic N) is 1. The molecule has 0 spiro atoms. The maximum atomic E-state index is 13.8. The highest BCUT2D eigenvalue weighted by Crippen LogP contribution is 2.47. The van der Waals surface area contributed by atoms with Crippen LogP contribution in [0.3, 0.4) is 0 Å². The molecule has 38 heavy (non-hydrogen) atoms. The van der Waals surface area contributed by atoms with Crippen LogP contribution in [0.15, 0.2) is 18.2 Å². The number of nitrogens with zero attached hydrogens (tertiary/aromatic N) is 5. The zero-order valence-electron chi connectivity index (χ0n) is 21.4. The van der Waals surface area contributed by atoms with Crippen molar-refractivity contribution in [3.05, 3.63) is 45.9 Å². The number of alkyl halides is 3. The maximum Gasteiger partial charge on any atom is 0.420 e. The summed E-state index contributed by atoms with van der Waals surface area (Å²) in [6, 6.07) is 2.37. The van der Waals surface area contributed by atoms with Crippen LogP contribution in [0.4, 0.5) is 38.7 Å². The van der Waals surface area contributed by atoms with Crippen LogP contribution in [0.2, 0.25) is 5.02 Å². The molecule has 0 bridgehead atoms. The molecule has 9 nitrogen and oxygen atoms in total. The molecule has 3 amide bonds. The van der Waals surface area contributed by atoms with Crippen LogP contribution in [-0.2, 0) is 6.18 Å². The highest BCUT2D eigenvalue weighted by Gasteiger charge is 2.41. The van der Waals surface area contributed by atoms with E-state index in [1.807, 2.05) is 0 Å². The van der Waals surface area contributed by atoms with Crippen LogP contribution in [-0.4, -0.2) is 85.4 Å². The SMILES string of the molecule is Cc1cc(C(F)(F)F)c(Cl)c(N2CCN(CC(O)CN(C)C)C2=O)c1OC(=O)N(C)c1ccc(F)c(C)n1. The molecule has 0 radical (unpaired) electrons. The molecule has 1 aromatic heterocycles. The molecule has 2 heterocycles. The molecule has 1 fully saturated rings. The van der Waals surface area contributed by atoms with Gasteiger partial charge in [0.05, 0.1) is 22.4 Å². The van der Waals surface area contributed by atoms with Gasteiger partial charge in [0, 0.05) is 33.2 Å². The molecule has 0 saturated carbocycles. The number of carbonyl (C=O) groups excluding carboxylic acids is 2. The van der Waals surface area contributed by atoms with E-state index in [2.05, 4.69) is 4.98 Å². The van der Waals surface area contributed by atoms with Crippen LogP contribution in [0.1, 0.15) is 16.8 Å². The Morgan fingerprint density at radius 3 is 2.47 bits per heavy atom. The number of amides is 3. The highest BCUT2D eigenvalue weighted by atomic mass is 35.5. The fourth-order valence-electron chi connectivity index (χ4n) is 4.00. The number of likely N-dealkylation sites (N-methyl/N-ethyl adjacent to an activating group) is 1. The van der Waals surface area contributed by atoms with E-state index in [1.165, 1.54) is 31.9 Å². The zero-order chi connectivity index (χ0) is 28.5. The number of aliphatic hydroxyl groups excluding tert-OH is 1. The number of urea groups is 1. The summed E-state index contributed by atoms with van der Waals surface area (Å²) in [5.74, 6) is -0.900. The van der Waals surface area contributed by atoms with Crippen molar-refractivity contribution in [2.75, 3.05) is 57.1 Å². The Hall–Kier alpha value is -3.16. The number of anilines is 2. The lowest BCUT2D eigenvalue weighted by atomic mass is 10.1. The molecular formula is C24H28ClF4N5O4. The van der Waals surface area contributed by atoms with Crippen LogP contribution in [0, 0.1) is 19.7 Å². The summed E-state index contributed by atoms with van der Waals surface area (Å²) in [5, 5.41) is 9.44. The third-order valence-corrected chi connectivity index (χ3v) is 6.25. The molecule has 1 aliphatic heterocycles. The molecule has 1 aromatic carbocycles. The van der Waals surface area contributed by atoms with Crippen molar-refractivity contribution in [3.63, 3.8) is 0 Å². The first-order valence-corrected chi connectivity index (χ1v) is 11.9. The minimum absolute atomic E-state index is 0.0239. The number of hydrogen-bond donors (Lipinski definition) is 1. The van der Waals surface area contributed by atoms with E-state index in [1.54, 1.807) is 19.0 Å². The lowest BCUT2D eigenvalue weighted by Gasteiger charge is -2.26. The number of pyridine rings is 1. The number of aliphatic hydroxyl groups is 1. The van der Waals surface area contributed by atoms with Gasteiger partial charge in [0.15, 0.2) is 5.75 Å². The lowest BCUT2D eigenvalue weighted by molar-refractivity contribution is -0.137. The number of aromatic nitrogens is 1. The minimum atomic E-state index is -4.85. The lowest BCUT2D eigenvalue weighted by Crippen LogP contribution is -2.40. The second-order valence-corrected chi connectivity index (χ2v) is 9.57. The summed E-state index contributed by atoms with van der Waals surface area (Å²) in [4.78, 5) is 35.1. The summed E-state index contributed by atoms with van der Waals surface area (Å²) in [7, 11) is 4.78. The molecule has 0 aliphatic carbocycles. The molecule has 1 unspecified atom stereocenters. The summed E-state index contributed by atoms with van der Waals surface area (Å²) < 4.78 is 60.4. The van der Waals surface area contributed by atoms with E-state index in [0.717, 1.165) is 21.9 Å². The number of rotatable bonds is 7. The molecule has 1 atom stereocenters. The summed E-state index contributed by atoms with van der Waals surface area (Å²) >= 11 is 6.21. The van der Waals surface area contributed by atoms with E-state index >= 15 is 0 Å². The Bertz CT molecular complexity index is 1230. The first-order chi connectivity index (χ1) is 17.6. The van der Waals surface area contributed by atoms with Gasteiger partial charge in [-0.2, -0.15) is 13.2 Å². The smallest absolute Gasteiger partial charge is 0.407 e. The van der Waals surface area contributed by atoms with Gasteiger partial charge in [0.25, 0.3) is 0 Å².